The van der Waals surface area contributed by atoms with Crippen LogP contribution in [-0.4, -0.2) is 9.97 Å². The molecular weight excluding hydrogens is 269 g/mol. The first-order valence-corrected chi connectivity index (χ1v) is 6.77. The lowest BCUT2D eigenvalue weighted by molar-refractivity contribution is 0.626. The Morgan fingerprint density at radius 1 is 1.10 bits per heavy atom. The molecule has 0 bridgehead atoms. The molecule has 0 aliphatic rings. The zero-order chi connectivity index (χ0) is 15.0. The van der Waals surface area contributed by atoms with Crippen molar-refractivity contribution in [3.8, 4) is 0 Å². The minimum atomic E-state index is -0.239. The van der Waals surface area contributed by atoms with Gasteiger partial charge in [-0.15, -0.1) is 0 Å². The first kappa shape index (κ1) is 13.4. The Kier molecular flexibility index (Phi) is 3.25. The Hall–Kier alpha value is -2.56. The number of rotatable bonds is 3. The van der Waals surface area contributed by atoms with E-state index in [0.717, 1.165) is 27.8 Å². The van der Waals surface area contributed by atoms with E-state index in [9.17, 15) is 9.18 Å². The van der Waals surface area contributed by atoms with Gasteiger partial charge in [0.05, 0.1) is 11.0 Å². The first-order chi connectivity index (χ1) is 10.0. The maximum Gasteiger partial charge on any atom is 0.323 e. The van der Waals surface area contributed by atoms with Crippen LogP contribution in [0.4, 0.5) is 10.1 Å². The summed E-state index contributed by atoms with van der Waals surface area (Å²) in [6.45, 7) is 3.89. The predicted molar refractivity (Wildman–Crippen MR) is 82.1 cm³/mol. The van der Waals surface area contributed by atoms with Gasteiger partial charge in [-0.2, -0.15) is 0 Å². The Labute approximate surface area is 121 Å². The van der Waals surface area contributed by atoms with Gasteiger partial charge >= 0.3 is 5.69 Å². The van der Waals surface area contributed by atoms with Crippen molar-refractivity contribution in [3.05, 3.63) is 63.8 Å². The fourth-order valence-electron chi connectivity index (χ4n) is 2.43. The Balaban J connectivity index is 1.89. The minimum Gasteiger partial charge on any atom is -0.378 e. The number of aromatic amines is 2. The third-order valence-corrected chi connectivity index (χ3v) is 3.60. The van der Waals surface area contributed by atoms with Crippen molar-refractivity contribution in [1.82, 2.24) is 9.97 Å². The van der Waals surface area contributed by atoms with Crippen molar-refractivity contribution in [1.29, 1.82) is 0 Å². The van der Waals surface area contributed by atoms with Crippen molar-refractivity contribution in [2.75, 3.05) is 5.32 Å². The van der Waals surface area contributed by atoms with E-state index in [1.165, 1.54) is 12.1 Å². The largest absolute Gasteiger partial charge is 0.378 e. The molecule has 0 saturated carbocycles. The van der Waals surface area contributed by atoms with Gasteiger partial charge in [-0.1, -0.05) is 6.07 Å². The second-order valence-electron chi connectivity index (χ2n) is 5.21. The average molecular weight is 285 g/mol. The number of nitrogens with one attached hydrogen (secondary N) is 3. The topological polar surface area (TPSA) is 60.7 Å². The highest BCUT2D eigenvalue weighted by Gasteiger charge is 2.09. The molecule has 1 heterocycles. The Morgan fingerprint density at radius 2 is 1.86 bits per heavy atom. The van der Waals surface area contributed by atoms with E-state index in [0.29, 0.717) is 0 Å². The number of imidazole rings is 1. The molecule has 0 aliphatic carbocycles. The van der Waals surface area contributed by atoms with E-state index in [4.69, 9.17) is 0 Å². The second kappa shape index (κ2) is 5.09. The van der Waals surface area contributed by atoms with E-state index < -0.39 is 0 Å². The summed E-state index contributed by atoms with van der Waals surface area (Å²) in [5, 5.41) is 3.36. The van der Waals surface area contributed by atoms with Gasteiger partial charge in [0.2, 0.25) is 0 Å². The lowest BCUT2D eigenvalue weighted by Gasteiger charge is -2.17. The lowest BCUT2D eigenvalue weighted by Crippen LogP contribution is -2.07. The van der Waals surface area contributed by atoms with Crippen LogP contribution in [0.25, 0.3) is 11.0 Å². The van der Waals surface area contributed by atoms with Crippen LogP contribution in [0.2, 0.25) is 0 Å². The second-order valence-corrected chi connectivity index (χ2v) is 5.21. The number of aromatic nitrogens is 2. The van der Waals surface area contributed by atoms with Crippen LogP contribution >= 0.6 is 0 Å². The Bertz CT molecular complexity index is 850. The quantitative estimate of drug-likeness (QED) is 0.690. The van der Waals surface area contributed by atoms with Gasteiger partial charge in [0.25, 0.3) is 0 Å². The number of halogens is 1. The number of anilines is 1. The zero-order valence-electron chi connectivity index (χ0n) is 11.8. The fraction of sp³-hybridized carbons (Fsp3) is 0.188. The molecule has 0 amide bonds. The van der Waals surface area contributed by atoms with Crippen LogP contribution in [0.5, 0.6) is 0 Å². The minimum absolute atomic E-state index is 0.0389. The highest BCUT2D eigenvalue weighted by atomic mass is 19.1. The highest BCUT2D eigenvalue weighted by molar-refractivity contribution is 5.75. The molecule has 0 aliphatic heterocycles. The molecule has 21 heavy (non-hydrogen) atoms. The fourth-order valence-corrected chi connectivity index (χ4v) is 2.43. The van der Waals surface area contributed by atoms with Crippen molar-refractivity contribution in [3.63, 3.8) is 0 Å². The molecule has 0 fully saturated rings. The number of hydrogen-bond donors (Lipinski definition) is 3. The molecule has 1 aromatic heterocycles. The van der Waals surface area contributed by atoms with Gasteiger partial charge in [0.15, 0.2) is 0 Å². The summed E-state index contributed by atoms with van der Waals surface area (Å²) in [5.41, 5.74) is 4.15. The molecule has 3 rings (SSSR count). The standard InChI is InChI=1S/C16H16FN3O/c1-9-7-12(17)4-6-13(9)18-10(2)11-3-5-14-15(8-11)20-16(21)19-14/h3-8,10,18H,1-2H3,(H2,19,20,21). The zero-order valence-corrected chi connectivity index (χ0v) is 11.8. The summed E-state index contributed by atoms with van der Waals surface area (Å²) in [5.74, 6) is -0.239. The summed E-state index contributed by atoms with van der Waals surface area (Å²) in [6.07, 6.45) is 0. The maximum absolute atomic E-state index is 13.1. The summed E-state index contributed by atoms with van der Waals surface area (Å²) in [7, 11) is 0. The van der Waals surface area contributed by atoms with E-state index in [1.807, 2.05) is 32.0 Å². The maximum atomic E-state index is 13.1. The van der Waals surface area contributed by atoms with Crippen LogP contribution in [0.3, 0.4) is 0 Å². The van der Waals surface area contributed by atoms with E-state index in [2.05, 4.69) is 15.3 Å². The van der Waals surface area contributed by atoms with Crippen molar-refractivity contribution >= 4 is 16.7 Å². The molecule has 4 nitrogen and oxygen atoms in total. The smallest absolute Gasteiger partial charge is 0.323 e. The molecular formula is C16H16FN3O. The summed E-state index contributed by atoms with van der Waals surface area (Å²) >= 11 is 0. The molecule has 0 radical (unpaired) electrons. The summed E-state index contributed by atoms with van der Waals surface area (Å²) in [4.78, 5) is 16.7. The van der Waals surface area contributed by atoms with Gasteiger partial charge in [-0.25, -0.2) is 9.18 Å². The van der Waals surface area contributed by atoms with Crippen LogP contribution in [-0.2, 0) is 0 Å². The van der Waals surface area contributed by atoms with Crippen molar-refractivity contribution in [2.45, 2.75) is 19.9 Å². The average Bonchev–Trinajstić information content (AvgIpc) is 2.80. The van der Waals surface area contributed by atoms with Crippen molar-refractivity contribution < 1.29 is 4.39 Å². The van der Waals surface area contributed by atoms with Gasteiger partial charge in [0, 0.05) is 11.7 Å². The molecule has 1 unspecified atom stereocenters. The summed E-state index contributed by atoms with van der Waals surface area (Å²) in [6, 6.07) is 10.5. The van der Waals surface area contributed by atoms with Crippen molar-refractivity contribution in [2.24, 2.45) is 0 Å². The molecule has 5 heteroatoms. The number of fused-ring (bicyclic) bond motifs is 1. The van der Waals surface area contributed by atoms with E-state index >= 15 is 0 Å². The normalized spacial score (nSPS) is 12.5. The predicted octanol–water partition coefficient (Wildman–Crippen LogP) is 3.48. The van der Waals surface area contributed by atoms with Crippen LogP contribution in [0.15, 0.2) is 41.2 Å². The molecule has 1 atom stereocenters. The number of H-pyrrole nitrogens is 2. The summed E-state index contributed by atoms with van der Waals surface area (Å²) < 4.78 is 13.1. The van der Waals surface area contributed by atoms with Gasteiger partial charge in [-0.3, -0.25) is 0 Å². The highest BCUT2D eigenvalue weighted by Crippen LogP contribution is 2.24. The van der Waals surface area contributed by atoms with Crippen LogP contribution in [0, 0.1) is 12.7 Å². The number of aryl methyl sites for hydroxylation is 1. The van der Waals surface area contributed by atoms with Crippen LogP contribution < -0.4 is 11.0 Å². The van der Waals surface area contributed by atoms with E-state index in [-0.39, 0.29) is 17.5 Å². The molecule has 3 aromatic rings. The first-order valence-electron chi connectivity index (χ1n) is 6.77. The third-order valence-electron chi connectivity index (χ3n) is 3.60. The van der Waals surface area contributed by atoms with E-state index in [1.54, 1.807) is 6.07 Å². The molecule has 0 saturated heterocycles. The molecule has 0 spiro atoms. The van der Waals surface area contributed by atoms with Crippen LogP contribution in [0.1, 0.15) is 24.1 Å². The number of hydrogen-bond acceptors (Lipinski definition) is 2. The lowest BCUT2D eigenvalue weighted by atomic mass is 10.1. The van der Waals surface area contributed by atoms with Gasteiger partial charge in [-0.05, 0) is 55.3 Å². The van der Waals surface area contributed by atoms with Gasteiger partial charge < -0.3 is 15.3 Å². The monoisotopic (exact) mass is 285 g/mol. The number of benzene rings is 2. The van der Waals surface area contributed by atoms with Gasteiger partial charge in [0.1, 0.15) is 5.82 Å². The third kappa shape index (κ3) is 2.67. The Morgan fingerprint density at radius 3 is 2.62 bits per heavy atom. The molecule has 108 valence electrons. The SMILES string of the molecule is Cc1cc(F)ccc1NC(C)c1ccc2[nH]c(=O)[nH]c2c1. The molecule has 3 N–H and O–H groups in total. The molecule has 2 aromatic carbocycles.